The van der Waals surface area contributed by atoms with Crippen LogP contribution in [0.15, 0.2) is 24.3 Å². The molecule has 16 heavy (non-hydrogen) atoms. The van der Waals surface area contributed by atoms with E-state index < -0.39 is 0 Å². The van der Waals surface area contributed by atoms with Crippen molar-refractivity contribution in [1.29, 1.82) is 0 Å². The summed E-state index contributed by atoms with van der Waals surface area (Å²) in [7, 11) is 0. The topological polar surface area (TPSA) is 29.1 Å². The normalized spacial score (nSPS) is 10.5. The summed E-state index contributed by atoms with van der Waals surface area (Å²) in [6.45, 7) is 7.16. The summed E-state index contributed by atoms with van der Waals surface area (Å²) in [6, 6.07) is 7.82. The first kappa shape index (κ1) is 12.8. The third-order valence-electron chi connectivity index (χ3n) is 2.60. The molecular formula is C14H21NO. The molecule has 1 rings (SSSR count). The number of benzene rings is 1. The molecule has 0 atom stereocenters. The first-order valence-corrected chi connectivity index (χ1v) is 6.00. The summed E-state index contributed by atoms with van der Waals surface area (Å²) in [4.78, 5) is 11.8. The van der Waals surface area contributed by atoms with Crippen molar-refractivity contribution in [3.63, 3.8) is 0 Å². The van der Waals surface area contributed by atoms with Gasteiger partial charge in [-0.1, -0.05) is 32.9 Å². The fourth-order valence-corrected chi connectivity index (χ4v) is 1.51. The van der Waals surface area contributed by atoms with Gasteiger partial charge in [0.05, 0.1) is 0 Å². The van der Waals surface area contributed by atoms with Gasteiger partial charge in [0.2, 0.25) is 0 Å². The Labute approximate surface area is 98.1 Å². The molecule has 0 fully saturated rings. The lowest BCUT2D eigenvalue weighted by Crippen LogP contribution is -2.25. The van der Waals surface area contributed by atoms with Crippen molar-refractivity contribution < 1.29 is 4.79 Å². The fraction of sp³-hybridized carbons (Fsp3) is 0.500. The monoisotopic (exact) mass is 219 g/mol. The SMILES string of the molecule is CCc1cccc(C(=O)NCCC(C)C)c1. The zero-order valence-electron chi connectivity index (χ0n) is 10.4. The van der Waals surface area contributed by atoms with E-state index in [0.717, 1.165) is 24.9 Å². The molecule has 0 aliphatic heterocycles. The lowest BCUT2D eigenvalue weighted by atomic mass is 10.1. The maximum atomic E-state index is 11.8. The molecule has 2 nitrogen and oxygen atoms in total. The highest BCUT2D eigenvalue weighted by Crippen LogP contribution is 2.06. The van der Waals surface area contributed by atoms with Gasteiger partial charge in [0, 0.05) is 12.1 Å². The fourth-order valence-electron chi connectivity index (χ4n) is 1.51. The molecule has 0 bridgehead atoms. The maximum Gasteiger partial charge on any atom is 0.251 e. The molecule has 0 saturated carbocycles. The van der Waals surface area contributed by atoms with Gasteiger partial charge >= 0.3 is 0 Å². The van der Waals surface area contributed by atoms with Crippen molar-refractivity contribution >= 4 is 5.91 Å². The van der Waals surface area contributed by atoms with Gasteiger partial charge in [-0.25, -0.2) is 0 Å². The molecule has 0 heterocycles. The molecule has 1 N–H and O–H groups in total. The van der Waals surface area contributed by atoms with Gasteiger partial charge in [0.1, 0.15) is 0 Å². The summed E-state index contributed by atoms with van der Waals surface area (Å²) < 4.78 is 0. The average molecular weight is 219 g/mol. The molecular weight excluding hydrogens is 198 g/mol. The largest absolute Gasteiger partial charge is 0.352 e. The van der Waals surface area contributed by atoms with Crippen molar-refractivity contribution in [2.24, 2.45) is 5.92 Å². The predicted molar refractivity (Wildman–Crippen MR) is 67.6 cm³/mol. The lowest BCUT2D eigenvalue weighted by molar-refractivity contribution is 0.0952. The van der Waals surface area contributed by atoms with Crippen LogP contribution < -0.4 is 5.32 Å². The smallest absolute Gasteiger partial charge is 0.251 e. The van der Waals surface area contributed by atoms with Crippen LogP contribution in [0.25, 0.3) is 0 Å². The van der Waals surface area contributed by atoms with Crippen LogP contribution in [0, 0.1) is 5.92 Å². The quantitative estimate of drug-likeness (QED) is 0.810. The van der Waals surface area contributed by atoms with Gasteiger partial charge in [-0.15, -0.1) is 0 Å². The van der Waals surface area contributed by atoms with E-state index >= 15 is 0 Å². The summed E-state index contributed by atoms with van der Waals surface area (Å²) in [5.41, 5.74) is 1.97. The number of rotatable bonds is 5. The van der Waals surface area contributed by atoms with Crippen LogP contribution >= 0.6 is 0 Å². The molecule has 0 unspecified atom stereocenters. The van der Waals surface area contributed by atoms with Crippen LogP contribution in [0.5, 0.6) is 0 Å². The van der Waals surface area contributed by atoms with E-state index in [4.69, 9.17) is 0 Å². The maximum absolute atomic E-state index is 11.8. The van der Waals surface area contributed by atoms with E-state index in [-0.39, 0.29) is 5.91 Å². The minimum Gasteiger partial charge on any atom is -0.352 e. The van der Waals surface area contributed by atoms with Gasteiger partial charge in [-0.2, -0.15) is 0 Å². The number of nitrogens with one attached hydrogen (secondary N) is 1. The highest BCUT2D eigenvalue weighted by Gasteiger charge is 2.05. The zero-order valence-corrected chi connectivity index (χ0v) is 10.4. The van der Waals surface area contributed by atoms with Gasteiger partial charge in [0.15, 0.2) is 0 Å². The van der Waals surface area contributed by atoms with E-state index in [2.05, 4.69) is 26.1 Å². The number of carbonyl (C=O) groups is 1. The second-order valence-corrected chi connectivity index (χ2v) is 4.49. The Bertz CT molecular complexity index is 344. The van der Waals surface area contributed by atoms with E-state index in [1.807, 2.05) is 24.3 Å². The zero-order chi connectivity index (χ0) is 12.0. The highest BCUT2D eigenvalue weighted by molar-refractivity contribution is 5.94. The van der Waals surface area contributed by atoms with Crippen LogP contribution in [0.2, 0.25) is 0 Å². The van der Waals surface area contributed by atoms with Crippen molar-refractivity contribution in [3.05, 3.63) is 35.4 Å². The summed E-state index contributed by atoms with van der Waals surface area (Å²) in [5.74, 6) is 0.665. The van der Waals surface area contributed by atoms with Crippen molar-refractivity contribution in [3.8, 4) is 0 Å². The van der Waals surface area contributed by atoms with E-state index in [9.17, 15) is 4.79 Å². The molecule has 0 aliphatic rings. The Morgan fingerprint density at radius 3 is 2.75 bits per heavy atom. The number of amides is 1. The van der Waals surface area contributed by atoms with Crippen molar-refractivity contribution in [1.82, 2.24) is 5.32 Å². The number of carbonyl (C=O) groups excluding carboxylic acids is 1. The first-order chi connectivity index (χ1) is 7.63. The molecule has 0 aromatic heterocycles. The van der Waals surface area contributed by atoms with E-state index in [1.165, 1.54) is 5.56 Å². The van der Waals surface area contributed by atoms with Crippen LogP contribution in [0.4, 0.5) is 0 Å². The van der Waals surface area contributed by atoms with Crippen LogP contribution in [0.1, 0.15) is 43.1 Å². The molecule has 1 aromatic rings. The molecule has 0 saturated heterocycles. The second-order valence-electron chi connectivity index (χ2n) is 4.49. The summed E-state index contributed by atoms with van der Waals surface area (Å²) >= 11 is 0. The molecule has 1 aromatic carbocycles. The first-order valence-electron chi connectivity index (χ1n) is 6.00. The predicted octanol–water partition coefficient (Wildman–Crippen LogP) is 3.02. The van der Waals surface area contributed by atoms with E-state index in [0.29, 0.717) is 5.92 Å². The Morgan fingerprint density at radius 1 is 1.38 bits per heavy atom. The number of hydrogen-bond donors (Lipinski definition) is 1. The minimum absolute atomic E-state index is 0.0379. The van der Waals surface area contributed by atoms with Crippen LogP contribution in [-0.4, -0.2) is 12.5 Å². The Morgan fingerprint density at radius 2 is 2.12 bits per heavy atom. The van der Waals surface area contributed by atoms with E-state index in [1.54, 1.807) is 0 Å². The number of hydrogen-bond acceptors (Lipinski definition) is 1. The Hall–Kier alpha value is -1.31. The molecule has 2 heteroatoms. The summed E-state index contributed by atoms with van der Waals surface area (Å²) in [5, 5.41) is 2.94. The third-order valence-corrected chi connectivity index (χ3v) is 2.60. The summed E-state index contributed by atoms with van der Waals surface area (Å²) in [6.07, 6.45) is 1.99. The van der Waals surface area contributed by atoms with Crippen LogP contribution in [-0.2, 0) is 6.42 Å². The van der Waals surface area contributed by atoms with Gasteiger partial charge < -0.3 is 5.32 Å². The average Bonchev–Trinajstić information content (AvgIpc) is 2.28. The highest BCUT2D eigenvalue weighted by atomic mass is 16.1. The Kier molecular flexibility index (Phi) is 5.03. The van der Waals surface area contributed by atoms with Gasteiger partial charge in [0.25, 0.3) is 5.91 Å². The standard InChI is InChI=1S/C14H21NO/c1-4-12-6-5-7-13(10-12)14(16)15-9-8-11(2)3/h5-7,10-11H,4,8-9H2,1-3H3,(H,15,16). The Balaban J connectivity index is 2.52. The lowest BCUT2D eigenvalue weighted by Gasteiger charge is -2.07. The third kappa shape index (κ3) is 4.05. The van der Waals surface area contributed by atoms with Crippen LogP contribution in [0.3, 0.4) is 0 Å². The molecule has 0 spiro atoms. The van der Waals surface area contributed by atoms with Crippen molar-refractivity contribution in [2.75, 3.05) is 6.54 Å². The minimum atomic E-state index is 0.0379. The van der Waals surface area contributed by atoms with Gasteiger partial charge in [-0.05, 0) is 36.5 Å². The molecule has 0 radical (unpaired) electrons. The van der Waals surface area contributed by atoms with Gasteiger partial charge in [-0.3, -0.25) is 4.79 Å². The molecule has 0 aliphatic carbocycles. The number of aryl methyl sites for hydroxylation is 1. The second kappa shape index (κ2) is 6.31. The van der Waals surface area contributed by atoms with Crippen molar-refractivity contribution in [2.45, 2.75) is 33.6 Å². The molecule has 88 valence electrons. The molecule has 1 amide bonds.